The maximum Gasteiger partial charge on any atom is 0.134 e. The molecule has 0 radical (unpaired) electrons. The Hall–Kier alpha value is -1.58. The topological polar surface area (TPSA) is 53.1 Å². The third kappa shape index (κ3) is 0.845. The van der Waals surface area contributed by atoms with Crippen LogP contribution in [0.4, 0.5) is 5.69 Å². The van der Waals surface area contributed by atoms with E-state index in [9.17, 15) is 0 Å². The molecule has 2 N–H and O–H groups in total. The molecule has 0 bridgehead atoms. The number of nitrogens with one attached hydrogen (secondary N) is 2. The first-order valence-corrected chi connectivity index (χ1v) is 3.88. The molecule has 1 aromatic rings. The standard InChI is InChI=1S/C8H10N4/c1-3-6-8-7(12-11-6)5(2)9-4-10-8/h4H,2-3H2,1H3,(H,9,10)(H,11,12). The zero-order valence-electron chi connectivity index (χ0n) is 6.89. The predicted molar refractivity (Wildman–Crippen MR) is 48.3 cm³/mol. The van der Waals surface area contributed by atoms with E-state index in [4.69, 9.17) is 0 Å². The van der Waals surface area contributed by atoms with Crippen molar-refractivity contribution in [3.05, 3.63) is 18.0 Å². The van der Waals surface area contributed by atoms with E-state index in [1.807, 2.05) is 0 Å². The van der Waals surface area contributed by atoms with Crippen LogP contribution in [0.3, 0.4) is 0 Å². The Morgan fingerprint density at radius 2 is 2.42 bits per heavy atom. The van der Waals surface area contributed by atoms with Crippen molar-refractivity contribution in [2.24, 2.45) is 4.99 Å². The zero-order valence-corrected chi connectivity index (χ0v) is 6.89. The number of aromatic amines is 1. The molecule has 0 spiro atoms. The Morgan fingerprint density at radius 3 is 3.17 bits per heavy atom. The molecule has 0 amide bonds. The third-order valence-electron chi connectivity index (χ3n) is 1.88. The number of H-pyrrole nitrogens is 1. The highest BCUT2D eigenvalue weighted by Crippen LogP contribution is 2.27. The number of aliphatic imine (C=N–C) groups is 1. The monoisotopic (exact) mass is 162 g/mol. The summed E-state index contributed by atoms with van der Waals surface area (Å²) in [6.07, 6.45) is 2.55. The molecule has 0 saturated heterocycles. The van der Waals surface area contributed by atoms with E-state index in [2.05, 4.69) is 34.0 Å². The molecule has 0 aliphatic carbocycles. The van der Waals surface area contributed by atoms with E-state index >= 15 is 0 Å². The lowest BCUT2D eigenvalue weighted by Gasteiger charge is -2.07. The predicted octanol–water partition coefficient (Wildman–Crippen LogP) is 1.21. The van der Waals surface area contributed by atoms with E-state index < -0.39 is 0 Å². The Morgan fingerprint density at radius 1 is 1.58 bits per heavy atom. The van der Waals surface area contributed by atoms with Gasteiger partial charge in [-0.05, 0) is 6.42 Å². The van der Waals surface area contributed by atoms with Crippen molar-refractivity contribution in [3.8, 4) is 0 Å². The molecule has 0 unspecified atom stereocenters. The highest BCUT2D eigenvalue weighted by molar-refractivity contribution is 5.85. The van der Waals surface area contributed by atoms with Crippen molar-refractivity contribution in [1.29, 1.82) is 0 Å². The van der Waals surface area contributed by atoms with Crippen LogP contribution >= 0.6 is 0 Å². The smallest absolute Gasteiger partial charge is 0.134 e. The fourth-order valence-electron chi connectivity index (χ4n) is 1.21. The van der Waals surface area contributed by atoms with Crippen molar-refractivity contribution >= 4 is 17.7 Å². The van der Waals surface area contributed by atoms with Crippen molar-refractivity contribution in [3.63, 3.8) is 0 Å². The Labute approximate surface area is 70.4 Å². The largest absolute Gasteiger partial charge is 0.345 e. The van der Waals surface area contributed by atoms with Crippen LogP contribution in [-0.2, 0) is 6.42 Å². The van der Waals surface area contributed by atoms with Gasteiger partial charge in [-0.25, -0.2) is 4.99 Å². The summed E-state index contributed by atoms with van der Waals surface area (Å²) in [7, 11) is 0. The SMILES string of the molecule is C=C1NC=Nc2c1n[nH]c2CC. The summed E-state index contributed by atoms with van der Waals surface area (Å²) in [5, 5.41) is 9.95. The quantitative estimate of drug-likeness (QED) is 0.652. The number of hydrogen-bond acceptors (Lipinski definition) is 3. The summed E-state index contributed by atoms with van der Waals surface area (Å²) in [6.45, 7) is 5.88. The molecule has 0 fully saturated rings. The molecule has 0 atom stereocenters. The third-order valence-corrected chi connectivity index (χ3v) is 1.88. The van der Waals surface area contributed by atoms with Crippen molar-refractivity contribution in [1.82, 2.24) is 15.5 Å². The Balaban J connectivity index is 2.57. The lowest BCUT2D eigenvalue weighted by atomic mass is 10.2. The Bertz CT molecular complexity index is 348. The van der Waals surface area contributed by atoms with Gasteiger partial charge in [0.2, 0.25) is 0 Å². The van der Waals surface area contributed by atoms with Crippen molar-refractivity contribution in [2.75, 3.05) is 0 Å². The second kappa shape index (κ2) is 2.48. The summed E-state index contributed by atoms with van der Waals surface area (Å²) in [5.41, 5.74) is 3.61. The molecular formula is C8H10N4. The molecule has 2 heterocycles. The maximum absolute atomic E-state index is 4.18. The van der Waals surface area contributed by atoms with Gasteiger partial charge in [0.25, 0.3) is 0 Å². The van der Waals surface area contributed by atoms with Crippen LogP contribution in [0.5, 0.6) is 0 Å². The molecule has 4 nitrogen and oxygen atoms in total. The van der Waals surface area contributed by atoms with Gasteiger partial charge < -0.3 is 5.32 Å². The van der Waals surface area contributed by atoms with Crippen molar-refractivity contribution < 1.29 is 0 Å². The second-order valence-corrected chi connectivity index (χ2v) is 2.63. The minimum atomic E-state index is 0.802. The zero-order chi connectivity index (χ0) is 8.55. The summed E-state index contributed by atoms with van der Waals surface area (Å²) < 4.78 is 0. The number of aryl methyl sites for hydroxylation is 1. The molecule has 4 heteroatoms. The number of rotatable bonds is 1. The van der Waals surface area contributed by atoms with Gasteiger partial charge in [0.05, 0.1) is 17.7 Å². The fraction of sp³-hybridized carbons (Fsp3) is 0.250. The van der Waals surface area contributed by atoms with Gasteiger partial charge in [0.15, 0.2) is 0 Å². The molecule has 12 heavy (non-hydrogen) atoms. The number of fused-ring (bicyclic) bond motifs is 1. The lowest BCUT2D eigenvalue weighted by molar-refractivity contribution is 0.969. The molecule has 0 saturated carbocycles. The van der Waals surface area contributed by atoms with Gasteiger partial charge in [-0.1, -0.05) is 13.5 Å². The van der Waals surface area contributed by atoms with E-state index in [0.29, 0.717) is 0 Å². The first-order chi connectivity index (χ1) is 5.83. The number of hydrogen-bond donors (Lipinski definition) is 2. The second-order valence-electron chi connectivity index (χ2n) is 2.63. The molecule has 1 aromatic heterocycles. The summed E-state index contributed by atoms with van der Waals surface area (Å²) >= 11 is 0. The van der Waals surface area contributed by atoms with Gasteiger partial charge in [-0.2, -0.15) is 5.10 Å². The maximum atomic E-state index is 4.18. The van der Waals surface area contributed by atoms with Gasteiger partial charge in [0, 0.05) is 0 Å². The van der Waals surface area contributed by atoms with E-state index in [-0.39, 0.29) is 0 Å². The van der Waals surface area contributed by atoms with Gasteiger partial charge >= 0.3 is 0 Å². The highest BCUT2D eigenvalue weighted by atomic mass is 15.2. The first kappa shape index (κ1) is 7.09. The van der Waals surface area contributed by atoms with Crippen LogP contribution < -0.4 is 5.32 Å². The number of nitrogens with zero attached hydrogens (tertiary/aromatic N) is 2. The van der Waals surface area contributed by atoms with E-state index in [1.54, 1.807) is 6.34 Å². The molecule has 0 aromatic carbocycles. The first-order valence-electron chi connectivity index (χ1n) is 3.88. The van der Waals surface area contributed by atoms with Crippen LogP contribution in [0.1, 0.15) is 18.3 Å². The molecular weight excluding hydrogens is 152 g/mol. The average molecular weight is 162 g/mol. The highest BCUT2D eigenvalue weighted by Gasteiger charge is 2.15. The fourth-order valence-corrected chi connectivity index (χ4v) is 1.21. The van der Waals surface area contributed by atoms with Crippen LogP contribution in [0, 0.1) is 0 Å². The summed E-state index contributed by atoms with van der Waals surface area (Å²) in [4.78, 5) is 4.18. The minimum absolute atomic E-state index is 0.802. The minimum Gasteiger partial charge on any atom is -0.345 e. The van der Waals surface area contributed by atoms with Gasteiger partial charge in [-0.3, -0.25) is 5.10 Å². The van der Waals surface area contributed by atoms with Gasteiger partial charge in [-0.15, -0.1) is 0 Å². The normalized spacial score (nSPS) is 14.2. The molecule has 1 aliphatic heterocycles. The van der Waals surface area contributed by atoms with Gasteiger partial charge in [0.1, 0.15) is 11.4 Å². The summed E-state index contributed by atoms with van der Waals surface area (Å²) in [5.74, 6) is 0. The molecule has 62 valence electrons. The van der Waals surface area contributed by atoms with Crippen LogP contribution in [0.25, 0.3) is 5.70 Å². The average Bonchev–Trinajstić information content (AvgIpc) is 2.49. The van der Waals surface area contributed by atoms with E-state index in [1.165, 1.54) is 0 Å². The van der Waals surface area contributed by atoms with Crippen LogP contribution in [0.15, 0.2) is 11.6 Å². The summed E-state index contributed by atoms with van der Waals surface area (Å²) in [6, 6.07) is 0. The molecule has 1 aliphatic rings. The van der Waals surface area contributed by atoms with Crippen LogP contribution in [0.2, 0.25) is 0 Å². The van der Waals surface area contributed by atoms with Crippen LogP contribution in [-0.4, -0.2) is 16.5 Å². The Kier molecular flexibility index (Phi) is 1.46. The number of aromatic nitrogens is 2. The lowest BCUT2D eigenvalue weighted by Crippen LogP contribution is -2.12. The molecule has 2 rings (SSSR count). The van der Waals surface area contributed by atoms with Crippen molar-refractivity contribution in [2.45, 2.75) is 13.3 Å². The van der Waals surface area contributed by atoms with E-state index in [0.717, 1.165) is 29.2 Å².